The molecule has 0 saturated carbocycles. The summed E-state index contributed by atoms with van der Waals surface area (Å²) in [4.78, 5) is 3.33. The van der Waals surface area contributed by atoms with Gasteiger partial charge < -0.3 is 25.5 Å². The van der Waals surface area contributed by atoms with Crippen molar-refractivity contribution < 1.29 is 9.84 Å². The number of fused-ring (bicyclic) bond motifs is 1. The molecule has 0 aliphatic carbocycles. The predicted molar refractivity (Wildman–Crippen MR) is 139 cm³/mol. The highest BCUT2D eigenvalue weighted by molar-refractivity contribution is 5.83. The van der Waals surface area contributed by atoms with Gasteiger partial charge in [-0.25, -0.2) is 0 Å². The second-order valence-electron chi connectivity index (χ2n) is 8.74. The number of ether oxygens (including phenoxy) is 1. The van der Waals surface area contributed by atoms with Crippen LogP contribution in [0, 0.1) is 0 Å². The summed E-state index contributed by atoms with van der Waals surface area (Å²) >= 11 is 0. The Hall–Kier alpha value is -3.12. The van der Waals surface area contributed by atoms with Crippen LogP contribution in [0.4, 0.5) is 0 Å². The van der Waals surface area contributed by atoms with Crippen molar-refractivity contribution in [1.82, 2.24) is 15.6 Å². The van der Waals surface area contributed by atoms with Crippen molar-refractivity contribution in [3.63, 3.8) is 0 Å². The normalized spacial score (nSPS) is 13.1. The van der Waals surface area contributed by atoms with Gasteiger partial charge in [-0.2, -0.15) is 0 Å². The SMILES string of the molecule is CC(NCCCNCCc1c[nH]c2ccccc12)C(O)c1ccc(OCc2ccccc2)cc1. The fourth-order valence-corrected chi connectivity index (χ4v) is 4.13. The molecule has 0 saturated heterocycles. The number of aromatic nitrogens is 1. The summed E-state index contributed by atoms with van der Waals surface area (Å²) in [5.41, 5.74) is 4.58. The highest BCUT2D eigenvalue weighted by Gasteiger charge is 2.15. The van der Waals surface area contributed by atoms with Crippen LogP contribution in [-0.4, -0.2) is 35.8 Å². The zero-order valence-corrected chi connectivity index (χ0v) is 19.8. The maximum absolute atomic E-state index is 10.7. The molecule has 0 amide bonds. The second kappa shape index (κ2) is 12.4. The van der Waals surface area contributed by atoms with E-state index in [0.29, 0.717) is 6.61 Å². The van der Waals surface area contributed by atoms with E-state index in [0.717, 1.165) is 49.4 Å². The Morgan fingerprint density at radius 3 is 2.47 bits per heavy atom. The number of hydrogen-bond acceptors (Lipinski definition) is 4. The maximum atomic E-state index is 10.7. The zero-order valence-electron chi connectivity index (χ0n) is 19.8. The number of para-hydroxylation sites is 1. The summed E-state index contributed by atoms with van der Waals surface area (Å²) in [5, 5.41) is 19.0. The first-order valence-corrected chi connectivity index (χ1v) is 12.1. The number of rotatable bonds is 13. The van der Waals surface area contributed by atoms with Crippen LogP contribution in [0.2, 0.25) is 0 Å². The molecule has 178 valence electrons. The van der Waals surface area contributed by atoms with Gasteiger partial charge in [-0.15, -0.1) is 0 Å². The van der Waals surface area contributed by atoms with E-state index < -0.39 is 6.10 Å². The van der Waals surface area contributed by atoms with Gasteiger partial charge >= 0.3 is 0 Å². The van der Waals surface area contributed by atoms with Crippen molar-refractivity contribution in [2.24, 2.45) is 0 Å². The Morgan fingerprint density at radius 2 is 1.65 bits per heavy atom. The van der Waals surface area contributed by atoms with Crippen LogP contribution >= 0.6 is 0 Å². The average Bonchev–Trinajstić information content (AvgIpc) is 3.30. The molecule has 4 rings (SSSR count). The van der Waals surface area contributed by atoms with E-state index in [4.69, 9.17) is 4.74 Å². The first-order valence-electron chi connectivity index (χ1n) is 12.1. The molecule has 1 heterocycles. The minimum atomic E-state index is -0.557. The Bertz CT molecular complexity index is 1130. The van der Waals surface area contributed by atoms with Gasteiger partial charge in [0.2, 0.25) is 0 Å². The van der Waals surface area contributed by atoms with Gasteiger partial charge in [-0.1, -0.05) is 60.7 Å². The molecule has 2 unspecified atom stereocenters. The van der Waals surface area contributed by atoms with Crippen molar-refractivity contribution in [2.45, 2.75) is 38.5 Å². The van der Waals surface area contributed by atoms with E-state index in [1.54, 1.807) is 0 Å². The first-order chi connectivity index (χ1) is 16.7. The molecular weight excluding hydrogens is 422 g/mol. The van der Waals surface area contributed by atoms with Crippen molar-refractivity contribution in [3.05, 3.63) is 102 Å². The van der Waals surface area contributed by atoms with E-state index in [9.17, 15) is 5.11 Å². The third-order valence-corrected chi connectivity index (χ3v) is 6.19. The molecule has 0 radical (unpaired) electrons. The largest absolute Gasteiger partial charge is 0.489 e. The van der Waals surface area contributed by atoms with Crippen molar-refractivity contribution >= 4 is 10.9 Å². The summed E-state index contributed by atoms with van der Waals surface area (Å²) in [7, 11) is 0. The average molecular weight is 458 g/mol. The van der Waals surface area contributed by atoms with Crippen molar-refractivity contribution in [3.8, 4) is 5.75 Å². The second-order valence-corrected chi connectivity index (χ2v) is 8.74. The highest BCUT2D eigenvalue weighted by atomic mass is 16.5. The summed E-state index contributed by atoms with van der Waals surface area (Å²) in [5.74, 6) is 0.805. The quantitative estimate of drug-likeness (QED) is 0.214. The van der Waals surface area contributed by atoms with Crippen LogP contribution in [0.15, 0.2) is 85.1 Å². The molecule has 0 spiro atoms. The maximum Gasteiger partial charge on any atom is 0.119 e. The summed E-state index contributed by atoms with van der Waals surface area (Å²) in [6, 6.07) is 26.2. The smallest absolute Gasteiger partial charge is 0.119 e. The molecule has 4 aromatic rings. The van der Waals surface area contributed by atoms with E-state index in [1.807, 2.05) is 61.5 Å². The lowest BCUT2D eigenvalue weighted by molar-refractivity contribution is 0.136. The lowest BCUT2D eigenvalue weighted by Crippen LogP contribution is -2.34. The van der Waals surface area contributed by atoms with Gasteiger partial charge in [0.05, 0.1) is 6.10 Å². The molecule has 5 nitrogen and oxygen atoms in total. The van der Waals surface area contributed by atoms with Crippen LogP contribution in [0.5, 0.6) is 5.75 Å². The van der Waals surface area contributed by atoms with Gasteiger partial charge in [-0.3, -0.25) is 0 Å². The van der Waals surface area contributed by atoms with Crippen LogP contribution in [0.3, 0.4) is 0 Å². The minimum Gasteiger partial charge on any atom is -0.489 e. The van der Waals surface area contributed by atoms with Crippen LogP contribution in [0.25, 0.3) is 10.9 Å². The molecule has 0 fully saturated rings. The Labute approximate surface area is 202 Å². The Balaban J connectivity index is 1.11. The van der Waals surface area contributed by atoms with E-state index in [1.165, 1.54) is 16.5 Å². The number of benzene rings is 3. The van der Waals surface area contributed by atoms with Crippen molar-refractivity contribution in [2.75, 3.05) is 19.6 Å². The molecule has 0 aliphatic heterocycles. The van der Waals surface area contributed by atoms with Gasteiger partial charge in [0, 0.05) is 23.1 Å². The lowest BCUT2D eigenvalue weighted by atomic mass is 10.0. The molecule has 1 aromatic heterocycles. The summed E-state index contributed by atoms with van der Waals surface area (Å²) in [6.07, 6.45) is 3.58. The fraction of sp³-hybridized carbons (Fsp3) is 0.310. The lowest BCUT2D eigenvalue weighted by Gasteiger charge is -2.21. The molecule has 34 heavy (non-hydrogen) atoms. The Morgan fingerprint density at radius 1 is 0.882 bits per heavy atom. The number of aliphatic hydroxyl groups excluding tert-OH is 1. The third kappa shape index (κ3) is 6.70. The Kier molecular flexibility index (Phi) is 8.74. The van der Waals surface area contributed by atoms with Gasteiger partial charge in [0.25, 0.3) is 0 Å². The molecule has 5 heteroatoms. The number of H-pyrrole nitrogens is 1. The predicted octanol–water partition coefficient (Wildman–Crippen LogP) is 4.98. The van der Waals surface area contributed by atoms with Gasteiger partial charge in [-0.05, 0) is 74.3 Å². The van der Waals surface area contributed by atoms with Gasteiger partial charge in [0.15, 0.2) is 0 Å². The fourth-order valence-electron chi connectivity index (χ4n) is 4.13. The minimum absolute atomic E-state index is 0.0256. The van der Waals surface area contributed by atoms with Gasteiger partial charge in [0.1, 0.15) is 12.4 Å². The summed E-state index contributed by atoms with van der Waals surface area (Å²) < 4.78 is 5.84. The number of nitrogens with one attached hydrogen (secondary N) is 3. The topological polar surface area (TPSA) is 69.3 Å². The van der Waals surface area contributed by atoms with E-state index in [2.05, 4.69) is 46.1 Å². The van der Waals surface area contributed by atoms with Crippen LogP contribution in [-0.2, 0) is 13.0 Å². The van der Waals surface area contributed by atoms with E-state index in [-0.39, 0.29) is 6.04 Å². The molecule has 0 bridgehead atoms. The molecule has 0 aliphatic rings. The third-order valence-electron chi connectivity index (χ3n) is 6.19. The molecular formula is C29H35N3O2. The monoisotopic (exact) mass is 457 g/mol. The van der Waals surface area contributed by atoms with Crippen LogP contribution in [0.1, 0.15) is 36.1 Å². The van der Waals surface area contributed by atoms with Crippen LogP contribution < -0.4 is 15.4 Å². The molecule has 2 atom stereocenters. The van der Waals surface area contributed by atoms with Crippen molar-refractivity contribution in [1.29, 1.82) is 0 Å². The number of hydrogen-bond donors (Lipinski definition) is 4. The molecule has 3 aromatic carbocycles. The molecule has 4 N–H and O–H groups in total. The van der Waals surface area contributed by atoms with E-state index >= 15 is 0 Å². The number of aromatic amines is 1. The standard InChI is InChI=1S/C29H35N3O2/c1-22(29(33)24-12-14-26(15-13-24)34-21-23-8-3-2-4-9-23)31-18-7-17-30-19-16-25-20-32-28-11-6-5-10-27(25)28/h2-6,8-15,20,22,29-33H,7,16-19,21H2,1H3. The summed E-state index contributed by atoms with van der Waals surface area (Å²) in [6.45, 7) is 5.33. The highest BCUT2D eigenvalue weighted by Crippen LogP contribution is 2.21. The first kappa shape index (κ1) is 24.0. The zero-order chi connectivity index (χ0) is 23.6. The number of aliphatic hydroxyl groups is 1.